The summed E-state index contributed by atoms with van der Waals surface area (Å²) in [5.74, 6) is -0.0593. The number of hydrogen-bond acceptors (Lipinski definition) is 3. The van der Waals surface area contributed by atoms with E-state index in [1.807, 2.05) is 42.5 Å². The Morgan fingerprint density at radius 3 is 2.52 bits per heavy atom. The third-order valence-electron chi connectivity index (χ3n) is 3.76. The van der Waals surface area contributed by atoms with Crippen LogP contribution in [0.25, 0.3) is 0 Å². The van der Waals surface area contributed by atoms with E-state index in [1.165, 1.54) is 11.1 Å². The second kappa shape index (κ2) is 6.08. The lowest BCUT2D eigenvalue weighted by Crippen LogP contribution is -2.22. The van der Waals surface area contributed by atoms with Crippen LogP contribution in [0.5, 0.6) is 0 Å². The van der Waals surface area contributed by atoms with Crippen molar-refractivity contribution in [3.05, 3.63) is 70.3 Å². The zero-order chi connectivity index (χ0) is 14.7. The lowest BCUT2D eigenvalue weighted by Gasteiger charge is -2.07. The maximum Gasteiger partial charge on any atom is 0.251 e. The van der Waals surface area contributed by atoms with E-state index < -0.39 is 0 Å². The van der Waals surface area contributed by atoms with E-state index in [2.05, 4.69) is 10.6 Å². The highest BCUT2D eigenvalue weighted by Crippen LogP contribution is 2.17. The molecule has 1 aliphatic heterocycles. The van der Waals surface area contributed by atoms with E-state index >= 15 is 0 Å². The average molecular weight is 282 g/mol. The third-order valence-corrected chi connectivity index (χ3v) is 3.76. The summed E-state index contributed by atoms with van der Waals surface area (Å²) >= 11 is 0. The van der Waals surface area contributed by atoms with E-state index in [0.717, 1.165) is 24.2 Å². The average Bonchev–Trinajstić information content (AvgIpc) is 3.00. The highest BCUT2D eigenvalue weighted by molar-refractivity contribution is 5.94. The van der Waals surface area contributed by atoms with Gasteiger partial charge < -0.3 is 15.7 Å². The fraction of sp³-hybridized carbons (Fsp3) is 0.235. The van der Waals surface area contributed by atoms with Gasteiger partial charge in [0, 0.05) is 25.2 Å². The van der Waals surface area contributed by atoms with E-state index in [0.29, 0.717) is 12.1 Å². The molecule has 0 unspecified atom stereocenters. The molecular weight excluding hydrogens is 264 g/mol. The van der Waals surface area contributed by atoms with Crippen LogP contribution in [-0.4, -0.2) is 11.0 Å². The summed E-state index contributed by atoms with van der Waals surface area (Å²) in [5.41, 5.74) is 5.06. The minimum absolute atomic E-state index is 0.0375. The Kier molecular flexibility index (Phi) is 3.99. The summed E-state index contributed by atoms with van der Waals surface area (Å²) in [6, 6.07) is 13.4. The standard InChI is InChI=1S/C17H18N2O2/c20-11-13-3-1-12(2-4-13)8-19-17(21)14-5-6-15-9-18-10-16(15)7-14/h1-7,18,20H,8-11H2,(H,19,21). The summed E-state index contributed by atoms with van der Waals surface area (Å²) in [4.78, 5) is 12.2. The summed E-state index contributed by atoms with van der Waals surface area (Å²) in [5, 5.41) is 15.2. The maximum atomic E-state index is 12.2. The van der Waals surface area contributed by atoms with Gasteiger partial charge in [0.25, 0.3) is 5.91 Å². The molecule has 0 saturated carbocycles. The molecule has 0 saturated heterocycles. The number of rotatable bonds is 4. The summed E-state index contributed by atoms with van der Waals surface area (Å²) < 4.78 is 0. The SMILES string of the molecule is O=C(NCc1ccc(CO)cc1)c1ccc2c(c1)CNC2. The van der Waals surface area contributed by atoms with Gasteiger partial charge in [0.05, 0.1) is 6.61 Å². The molecule has 3 N–H and O–H groups in total. The first-order valence-corrected chi connectivity index (χ1v) is 7.05. The van der Waals surface area contributed by atoms with Crippen LogP contribution in [0.1, 0.15) is 32.6 Å². The predicted molar refractivity (Wildman–Crippen MR) is 80.5 cm³/mol. The molecule has 1 aliphatic rings. The Morgan fingerprint density at radius 2 is 1.76 bits per heavy atom. The van der Waals surface area contributed by atoms with Crippen molar-refractivity contribution in [1.29, 1.82) is 0 Å². The monoisotopic (exact) mass is 282 g/mol. The lowest BCUT2D eigenvalue weighted by molar-refractivity contribution is 0.0951. The first kappa shape index (κ1) is 13.8. The molecule has 108 valence electrons. The fourth-order valence-corrected chi connectivity index (χ4v) is 2.48. The van der Waals surface area contributed by atoms with Gasteiger partial charge in [-0.2, -0.15) is 0 Å². The number of amides is 1. The topological polar surface area (TPSA) is 61.4 Å². The van der Waals surface area contributed by atoms with Crippen molar-refractivity contribution in [3.8, 4) is 0 Å². The Labute approximate surface area is 123 Å². The Hall–Kier alpha value is -2.17. The second-order valence-corrected chi connectivity index (χ2v) is 5.24. The molecule has 1 amide bonds. The van der Waals surface area contributed by atoms with Crippen molar-refractivity contribution in [2.75, 3.05) is 0 Å². The fourth-order valence-electron chi connectivity index (χ4n) is 2.48. The van der Waals surface area contributed by atoms with Gasteiger partial charge >= 0.3 is 0 Å². The number of nitrogens with one attached hydrogen (secondary N) is 2. The van der Waals surface area contributed by atoms with Crippen LogP contribution in [0.4, 0.5) is 0 Å². The highest BCUT2D eigenvalue weighted by atomic mass is 16.3. The highest BCUT2D eigenvalue weighted by Gasteiger charge is 2.13. The molecule has 21 heavy (non-hydrogen) atoms. The minimum atomic E-state index is -0.0593. The maximum absolute atomic E-state index is 12.2. The molecule has 0 radical (unpaired) electrons. The van der Waals surface area contributed by atoms with Crippen LogP contribution < -0.4 is 10.6 Å². The van der Waals surface area contributed by atoms with Gasteiger partial charge in [-0.15, -0.1) is 0 Å². The molecule has 2 aromatic rings. The molecule has 0 aliphatic carbocycles. The molecule has 3 rings (SSSR count). The van der Waals surface area contributed by atoms with Crippen LogP contribution in [0, 0.1) is 0 Å². The van der Waals surface area contributed by atoms with Crippen LogP contribution >= 0.6 is 0 Å². The molecule has 4 nitrogen and oxygen atoms in total. The van der Waals surface area contributed by atoms with Crippen LogP contribution in [0.3, 0.4) is 0 Å². The molecule has 2 aromatic carbocycles. The van der Waals surface area contributed by atoms with E-state index in [1.54, 1.807) is 0 Å². The number of aliphatic hydroxyl groups excluding tert-OH is 1. The van der Waals surface area contributed by atoms with Crippen molar-refractivity contribution < 1.29 is 9.90 Å². The van der Waals surface area contributed by atoms with E-state index in [4.69, 9.17) is 5.11 Å². The Balaban J connectivity index is 1.63. The Morgan fingerprint density at radius 1 is 1.05 bits per heavy atom. The minimum Gasteiger partial charge on any atom is -0.392 e. The van der Waals surface area contributed by atoms with Crippen LogP contribution in [0.2, 0.25) is 0 Å². The van der Waals surface area contributed by atoms with Crippen LogP contribution in [0.15, 0.2) is 42.5 Å². The number of aliphatic hydroxyl groups is 1. The largest absolute Gasteiger partial charge is 0.392 e. The molecule has 1 heterocycles. The van der Waals surface area contributed by atoms with Gasteiger partial charge in [-0.05, 0) is 34.4 Å². The number of carbonyl (C=O) groups is 1. The first-order chi connectivity index (χ1) is 10.3. The molecule has 0 atom stereocenters. The van der Waals surface area contributed by atoms with Gasteiger partial charge in [-0.1, -0.05) is 30.3 Å². The summed E-state index contributed by atoms with van der Waals surface area (Å²) in [6.45, 7) is 2.24. The second-order valence-electron chi connectivity index (χ2n) is 5.24. The molecule has 0 bridgehead atoms. The number of fused-ring (bicyclic) bond motifs is 1. The zero-order valence-corrected chi connectivity index (χ0v) is 11.7. The van der Waals surface area contributed by atoms with Crippen molar-refractivity contribution >= 4 is 5.91 Å². The predicted octanol–water partition coefficient (Wildman–Crippen LogP) is 1.71. The summed E-state index contributed by atoms with van der Waals surface area (Å²) in [7, 11) is 0. The third kappa shape index (κ3) is 3.12. The molecule has 0 aromatic heterocycles. The van der Waals surface area contributed by atoms with E-state index in [-0.39, 0.29) is 12.5 Å². The van der Waals surface area contributed by atoms with Gasteiger partial charge in [0.15, 0.2) is 0 Å². The van der Waals surface area contributed by atoms with Gasteiger partial charge in [-0.25, -0.2) is 0 Å². The first-order valence-electron chi connectivity index (χ1n) is 7.05. The lowest BCUT2D eigenvalue weighted by atomic mass is 10.1. The Bertz CT molecular complexity index is 650. The summed E-state index contributed by atoms with van der Waals surface area (Å²) in [6.07, 6.45) is 0. The van der Waals surface area contributed by atoms with E-state index in [9.17, 15) is 4.79 Å². The van der Waals surface area contributed by atoms with Crippen molar-refractivity contribution in [3.63, 3.8) is 0 Å². The molecule has 0 spiro atoms. The number of hydrogen-bond donors (Lipinski definition) is 3. The smallest absolute Gasteiger partial charge is 0.251 e. The zero-order valence-electron chi connectivity index (χ0n) is 11.7. The van der Waals surface area contributed by atoms with Gasteiger partial charge in [0.2, 0.25) is 0 Å². The van der Waals surface area contributed by atoms with Gasteiger partial charge in [-0.3, -0.25) is 4.79 Å². The van der Waals surface area contributed by atoms with Crippen LogP contribution in [-0.2, 0) is 26.2 Å². The quantitative estimate of drug-likeness (QED) is 0.800. The number of benzene rings is 2. The molecular formula is C17H18N2O2. The van der Waals surface area contributed by atoms with Crippen molar-refractivity contribution in [1.82, 2.24) is 10.6 Å². The molecule has 0 fully saturated rings. The van der Waals surface area contributed by atoms with Gasteiger partial charge in [0.1, 0.15) is 0 Å². The van der Waals surface area contributed by atoms with Crippen molar-refractivity contribution in [2.24, 2.45) is 0 Å². The molecule has 4 heteroatoms. The van der Waals surface area contributed by atoms with Crippen molar-refractivity contribution in [2.45, 2.75) is 26.2 Å². The normalized spacial score (nSPS) is 13.0. The number of carbonyl (C=O) groups excluding carboxylic acids is 1.